The normalized spacial score (nSPS) is 11.6. The van der Waals surface area contributed by atoms with Crippen LogP contribution in [0.5, 0.6) is 40.2 Å². The first-order valence-electron chi connectivity index (χ1n) is 40.0. The van der Waals surface area contributed by atoms with Gasteiger partial charge in [0.05, 0.1) is 76.8 Å². The van der Waals surface area contributed by atoms with Gasteiger partial charge in [0.25, 0.3) is 70.8 Å². The van der Waals surface area contributed by atoms with Gasteiger partial charge < -0.3 is 33.2 Å². The monoisotopic (exact) mass is 1880 g/mol. The van der Waals surface area contributed by atoms with E-state index in [2.05, 4.69) is 0 Å². The average Bonchev–Trinajstić information content (AvgIpc) is 0.863. The van der Waals surface area contributed by atoms with Gasteiger partial charge in [-0.25, -0.2) is 0 Å². The van der Waals surface area contributed by atoms with E-state index in [1.165, 1.54) is 60.0 Å². The Morgan fingerprint density at radius 1 is 0.246 bits per heavy atom. The molecule has 1 unspecified atom stereocenters. The van der Waals surface area contributed by atoms with Crippen LogP contribution in [0.1, 0.15) is 127 Å². The molecule has 0 spiro atoms. The van der Waals surface area contributed by atoms with Gasteiger partial charge in [-0.3, -0.25) is 31.9 Å². The maximum absolute atomic E-state index is 10.9. The highest BCUT2D eigenvalue weighted by Crippen LogP contribution is 2.22. The van der Waals surface area contributed by atoms with Gasteiger partial charge in [-0.1, -0.05) is 149 Å². The molecule has 28 nitrogen and oxygen atoms in total. The quantitative estimate of drug-likeness (QED) is 0.0138. The third-order valence-electron chi connectivity index (χ3n) is 17.7. The molecule has 0 saturated heterocycles. The molecule has 0 aliphatic carbocycles. The zero-order chi connectivity index (χ0) is 93.4. The molecule has 0 bridgehead atoms. The van der Waals surface area contributed by atoms with Crippen molar-refractivity contribution in [2.45, 2.75) is 159 Å². The summed E-state index contributed by atoms with van der Waals surface area (Å²) in [7, 11) is -27.8. The molecule has 690 valence electrons. The number of unbranched alkanes of at least 4 members (excludes halogenated alkanes) is 4. The lowest BCUT2D eigenvalue weighted by atomic mass is 10.1. The summed E-state index contributed by atoms with van der Waals surface area (Å²) in [5, 5.41) is -0.794. The minimum Gasteiger partial charge on any atom is -0.494 e. The molecule has 0 fully saturated rings. The van der Waals surface area contributed by atoms with E-state index in [1.54, 1.807) is 36.4 Å². The number of ether oxygens (including phenoxy) is 7. The maximum Gasteiger partial charge on any atom is 0.294 e. The zero-order valence-corrected chi connectivity index (χ0v) is 77.5. The van der Waals surface area contributed by atoms with Crippen LogP contribution in [-0.4, -0.2) is 153 Å². The van der Waals surface area contributed by atoms with Gasteiger partial charge >= 0.3 is 0 Å². The van der Waals surface area contributed by atoms with Gasteiger partial charge in [-0.15, -0.1) is 0 Å². The minimum atomic E-state index is -4.13. The fraction of sp³-hybridized carbons (Fsp3) is 0.341. The van der Waals surface area contributed by atoms with Gasteiger partial charge in [-0.05, 0) is 275 Å². The van der Waals surface area contributed by atoms with Crippen molar-refractivity contribution in [2.75, 3.05) is 56.9 Å². The smallest absolute Gasteiger partial charge is 0.294 e. The van der Waals surface area contributed by atoms with Gasteiger partial charge in [0.15, 0.2) is 0 Å². The van der Waals surface area contributed by atoms with Crippen molar-refractivity contribution >= 4 is 70.8 Å². The van der Waals surface area contributed by atoms with E-state index in [4.69, 9.17) is 65.0 Å². The minimum absolute atomic E-state index is 0.0812. The van der Waals surface area contributed by atoms with Crippen LogP contribution in [0.2, 0.25) is 0 Å². The Hall–Kier alpha value is -9.83. The topological polar surface area (TPSA) is 445 Å². The number of hydrogen-bond donors (Lipinski definition) is 7. The van der Waals surface area contributed by atoms with Crippen LogP contribution in [0.25, 0.3) is 0 Å². The highest BCUT2D eigenvalue weighted by atomic mass is 32.2. The van der Waals surface area contributed by atoms with Crippen molar-refractivity contribution in [1.29, 1.82) is 0 Å². The van der Waals surface area contributed by atoms with Gasteiger partial charge in [-0.2, -0.15) is 58.9 Å². The number of benzene rings is 10. The van der Waals surface area contributed by atoms with E-state index in [0.717, 1.165) is 112 Å². The standard InChI is InChI=1S/2C16H18O4S.C14H14O4S.C12H18O4S.3C11H16O4S/c1-13-4-2-6-15(12-13)20-11-3-5-14-7-9-16(10-8-14)21(17,18)19;1-13-4-8-15(9-5-13)20-12-2-3-14-6-10-16(11-7-14)21(17,18)19;1-11-2-6-13(7-3-11)18-10-12-4-8-14(9-5-12)19(15,16)17;1-11-5-7-12(8-6-11)16-9-3-2-4-10-17(13,14)15;1-9-3-5-11(6-4-9)15-8-7-10(2)16(12,13)14;1-10-4-6-11(7-5-10)15-8-2-3-9-16(12,13)14;1-10-5-4-6-11(9-10)15-7-2-3-8-16(12,13)14/h2,4,6-10,12H,3,5,11H2,1H3,(H,17,18,19);4-11H,2-3,12H2,1H3,(H,17,18,19);2-9H,10H2,1H3,(H,15,16,17);5-8H,2-4,9-10H2,1H3,(H,13,14,15);3-6,10H,7-8H2,1-2H3,(H,12,13,14);4-7H,2-3,8-9H2,1H3,(H,12,13,14);4-6,9H,2-3,7-8H2,1H3,(H,12,13,14). The molecule has 10 aromatic carbocycles. The third-order valence-corrected chi connectivity index (χ3v) is 23.9. The second-order valence-electron chi connectivity index (χ2n) is 29.1. The first-order chi connectivity index (χ1) is 59.2. The van der Waals surface area contributed by atoms with E-state index >= 15 is 0 Å². The molecular weight excluding hydrogens is 1770 g/mol. The van der Waals surface area contributed by atoms with Gasteiger partial charge in [0.1, 0.15) is 46.9 Å². The fourth-order valence-electron chi connectivity index (χ4n) is 10.5. The van der Waals surface area contributed by atoms with Crippen molar-refractivity contribution in [3.8, 4) is 40.2 Å². The van der Waals surface area contributed by atoms with E-state index in [1.807, 2.05) is 218 Å². The summed E-state index contributed by atoms with van der Waals surface area (Å²) in [6.45, 7) is 18.7. The second-order valence-corrected chi connectivity index (χ2v) is 39.9. The van der Waals surface area contributed by atoms with Crippen LogP contribution in [-0.2, 0) is 90.3 Å². The van der Waals surface area contributed by atoms with Crippen molar-refractivity contribution < 1.29 is 124 Å². The largest absolute Gasteiger partial charge is 0.494 e. The first-order valence-corrected chi connectivity index (χ1v) is 50.7. The molecule has 10 rings (SSSR count). The summed E-state index contributed by atoms with van der Waals surface area (Å²) in [6.07, 6.45) is 7.52. The highest BCUT2D eigenvalue weighted by molar-refractivity contribution is 7.87. The predicted octanol–water partition coefficient (Wildman–Crippen LogP) is 17.9. The molecular formula is C91H116O28S7. The summed E-state index contributed by atoms with van der Waals surface area (Å²) in [5.74, 6) is 4.97. The lowest BCUT2D eigenvalue weighted by molar-refractivity contribution is 0.306. The van der Waals surface area contributed by atoms with Crippen molar-refractivity contribution in [2.24, 2.45) is 0 Å². The van der Waals surface area contributed by atoms with Crippen LogP contribution in [0.3, 0.4) is 0 Å². The van der Waals surface area contributed by atoms with Crippen LogP contribution >= 0.6 is 0 Å². The molecule has 0 aliphatic heterocycles. The lowest BCUT2D eigenvalue weighted by Crippen LogP contribution is -2.19. The van der Waals surface area contributed by atoms with Crippen molar-refractivity contribution in [3.63, 3.8) is 0 Å². The summed E-state index contributed by atoms with van der Waals surface area (Å²) >= 11 is 0. The Morgan fingerprint density at radius 3 is 0.762 bits per heavy atom. The Kier molecular flexibility index (Phi) is 48.0. The van der Waals surface area contributed by atoms with E-state index < -0.39 is 76.1 Å². The molecule has 126 heavy (non-hydrogen) atoms. The Labute approximate surface area is 743 Å². The highest BCUT2D eigenvalue weighted by Gasteiger charge is 2.18. The second kappa shape index (κ2) is 55.7. The number of aryl methyl sites for hydroxylation is 9. The fourth-order valence-corrected chi connectivity index (χ4v) is 14.0. The molecule has 0 aromatic heterocycles. The Bertz CT molecular complexity index is 5660. The molecule has 0 heterocycles. The molecule has 0 radical (unpaired) electrons. The summed E-state index contributed by atoms with van der Waals surface area (Å²) < 4.78 is 249. The lowest BCUT2D eigenvalue weighted by Gasteiger charge is -2.09. The third kappa shape index (κ3) is 52.3. The number of hydrogen-bond acceptors (Lipinski definition) is 21. The predicted molar refractivity (Wildman–Crippen MR) is 488 cm³/mol. The maximum atomic E-state index is 10.9. The molecule has 7 N–H and O–H groups in total. The van der Waals surface area contributed by atoms with Crippen molar-refractivity contribution in [1.82, 2.24) is 0 Å². The average molecular weight is 1880 g/mol. The molecule has 0 aliphatic rings. The molecule has 10 aromatic rings. The summed E-state index contributed by atoms with van der Waals surface area (Å²) in [6, 6.07) is 72.4. The molecule has 0 amide bonds. The first kappa shape index (κ1) is 109. The van der Waals surface area contributed by atoms with Crippen LogP contribution in [0, 0.1) is 48.5 Å². The van der Waals surface area contributed by atoms with E-state index in [-0.39, 0.29) is 45.0 Å². The zero-order valence-electron chi connectivity index (χ0n) is 71.8. The Morgan fingerprint density at radius 2 is 0.492 bits per heavy atom. The van der Waals surface area contributed by atoms with Gasteiger partial charge in [0, 0.05) is 6.42 Å². The van der Waals surface area contributed by atoms with E-state index in [9.17, 15) is 58.9 Å². The van der Waals surface area contributed by atoms with Crippen LogP contribution in [0.4, 0.5) is 0 Å². The number of rotatable bonds is 40. The van der Waals surface area contributed by atoms with Crippen LogP contribution < -0.4 is 33.2 Å². The summed E-state index contributed by atoms with van der Waals surface area (Å²) in [4.78, 5) is -0.281. The SMILES string of the molecule is Cc1ccc(OCCC(C)S(=O)(=O)O)cc1.Cc1ccc(OCCCCCS(=O)(=O)O)cc1.Cc1ccc(OCCCCS(=O)(=O)O)cc1.Cc1ccc(OCCCc2ccc(S(=O)(=O)O)cc2)cc1.Cc1ccc(OCc2ccc(S(=O)(=O)O)cc2)cc1.Cc1cccc(OCCCCS(=O)(=O)O)c1.Cc1cccc(OCCCc2ccc(S(=O)(=O)O)cc2)c1. The van der Waals surface area contributed by atoms with Gasteiger partial charge in [0.2, 0.25) is 0 Å². The summed E-state index contributed by atoms with van der Waals surface area (Å²) in [5.41, 5.74) is 11.0. The van der Waals surface area contributed by atoms with Crippen LogP contribution in [0.15, 0.2) is 257 Å². The molecule has 35 heteroatoms. The van der Waals surface area contributed by atoms with Crippen molar-refractivity contribution in [3.05, 3.63) is 298 Å². The molecule has 1 atom stereocenters. The molecule has 0 saturated carbocycles. The Balaban J connectivity index is 0.000000309. The van der Waals surface area contributed by atoms with E-state index in [0.29, 0.717) is 77.5 Å².